The maximum Gasteiger partial charge on any atom is 0.326 e. The number of aryl methyl sites for hydroxylation is 1. The van der Waals surface area contributed by atoms with Gasteiger partial charge in [-0.25, -0.2) is 4.98 Å². The summed E-state index contributed by atoms with van der Waals surface area (Å²) in [6, 6.07) is 15.5. The van der Waals surface area contributed by atoms with E-state index in [4.69, 9.17) is 9.47 Å². The molecule has 5 heteroatoms. The molecular weight excluding hydrogens is 304 g/mol. The van der Waals surface area contributed by atoms with Gasteiger partial charge in [0.25, 0.3) is 0 Å². The first-order chi connectivity index (χ1) is 11.7. The Morgan fingerprint density at radius 3 is 2.67 bits per heavy atom. The number of ether oxygens (including phenoxy) is 2. The summed E-state index contributed by atoms with van der Waals surface area (Å²) in [5.74, 6) is 1.23. The Balaban J connectivity index is 1.88. The molecule has 1 aromatic heterocycles. The van der Waals surface area contributed by atoms with Crippen LogP contribution in [0.1, 0.15) is 18.3 Å². The van der Waals surface area contributed by atoms with Gasteiger partial charge in [0, 0.05) is 0 Å². The zero-order valence-corrected chi connectivity index (χ0v) is 13.9. The van der Waals surface area contributed by atoms with Crippen molar-refractivity contribution in [3.8, 4) is 5.75 Å². The lowest BCUT2D eigenvalue weighted by Crippen LogP contribution is -2.16. The van der Waals surface area contributed by atoms with Crippen molar-refractivity contribution >= 4 is 17.0 Å². The monoisotopic (exact) mass is 324 g/mol. The number of benzene rings is 2. The highest BCUT2D eigenvalue weighted by atomic mass is 16.5. The minimum atomic E-state index is -0.280. The average molecular weight is 324 g/mol. The molecule has 3 rings (SSSR count). The Morgan fingerprint density at radius 2 is 1.88 bits per heavy atom. The van der Waals surface area contributed by atoms with Gasteiger partial charge < -0.3 is 14.0 Å². The van der Waals surface area contributed by atoms with E-state index >= 15 is 0 Å². The Labute approximate surface area is 140 Å². The predicted octanol–water partition coefficient (Wildman–Crippen LogP) is 3.49. The van der Waals surface area contributed by atoms with Crippen LogP contribution in [0.5, 0.6) is 5.75 Å². The number of nitrogens with zero attached hydrogens (tertiary/aromatic N) is 2. The van der Waals surface area contributed by atoms with Crippen LogP contribution in [-0.2, 0) is 22.7 Å². The fourth-order valence-electron chi connectivity index (χ4n) is 2.61. The molecule has 124 valence electrons. The molecule has 0 aliphatic rings. The fourth-order valence-corrected chi connectivity index (χ4v) is 2.61. The normalized spacial score (nSPS) is 10.8. The van der Waals surface area contributed by atoms with E-state index in [1.807, 2.05) is 60.0 Å². The smallest absolute Gasteiger partial charge is 0.326 e. The molecule has 2 aromatic carbocycles. The summed E-state index contributed by atoms with van der Waals surface area (Å²) in [6.45, 7) is 4.57. The largest absolute Gasteiger partial charge is 0.485 e. The van der Waals surface area contributed by atoms with Gasteiger partial charge >= 0.3 is 5.97 Å². The van der Waals surface area contributed by atoms with E-state index in [2.05, 4.69) is 4.98 Å². The molecule has 0 fully saturated rings. The van der Waals surface area contributed by atoms with Crippen molar-refractivity contribution in [3.63, 3.8) is 0 Å². The average Bonchev–Trinajstić information content (AvgIpc) is 2.92. The topological polar surface area (TPSA) is 53.4 Å². The van der Waals surface area contributed by atoms with Crippen molar-refractivity contribution in [3.05, 3.63) is 59.9 Å². The van der Waals surface area contributed by atoms with Crippen molar-refractivity contribution in [2.24, 2.45) is 0 Å². The molecule has 0 saturated heterocycles. The molecule has 0 bridgehead atoms. The van der Waals surface area contributed by atoms with Crippen LogP contribution in [0.2, 0.25) is 0 Å². The number of rotatable bonds is 6. The minimum absolute atomic E-state index is 0.126. The lowest BCUT2D eigenvalue weighted by molar-refractivity contribution is -0.143. The molecule has 5 nitrogen and oxygen atoms in total. The van der Waals surface area contributed by atoms with Gasteiger partial charge in [0.05, 0.1) is 17.6 Å². The van der Waals surface area contributed by atoms with Crippen LogP contribution in [0.3, 0.4) is 0 Å². The summed E-state index contributed by atoms with van der Waals surface area (Å²) in [7, 11) is 0. The first-order valence-electron chi connectivity index (χ1n) is 7.97. The molecular formula is C19H20N2O3. The molecule has 0 radical (unpaired) electrons. The third-order valence-electron chi connectivity index (χ3n) is 3.78. The van der Waals surface area contributed by atoms with Crippen molar-refractivity contribution in [2.75, 3.05) is 6.61 Å². The second-order valence-electron chi connectivity index (χ2n) is 5.46. The highest BCUT2D eigenvalue weighted by Crippen LogP contribution is 2.20. The standard InChI is InChI=1S/C19H20N2O3/c1-3-23-19(22)12-21-16-10-6-5-9-15(16)20-18(21)13-24-17-11-7-4-8-14(17)2/h4-11H,3,12-13H2,1-2H3. The van der Waals surface area contributed by atoms with Crippen LogP contribution >= 0.6 is 0 Å². The minimum Gasteiger partial charge on any atom is -0.485 e. The highest BCUT2D eigenvalue weighted by molar-refractivity contribution is 5.78. The summed E-state index contributed by atoms with van der Waals surface area (Å²) in [5.41, 5.74) is 2.80. The zero-order chi connectivity index (χ0) is 16.9. The van der Waals surface area contributed by atoms with Gasteiger partial charge in [-0.2, -0.15) is 0 Å². The van der Waals surface area contributed by atoms with Gasteiger partial charge in [-0.1, -0.05) is 30.3 Å². The van der Waals surface area contributed by atoms with E-state index in [9.17, 15) is 4.79 Å². The van der Waals surface area contributed by atoms with Gasteiger partial charge in [0.2, 0.25) is 0 Å². The Bertz CT molecular complexity index is 855. The third kappa shape index (κ3) is 3.40. The van der Waals surface area contributed by atoms with E-state index in [1.54, 1.807) is 6.92 Å². The van der Waals surface area contributed by atoms with Crippen LogP contribution in [0, 0.1) is 6.92 Å². The van der Waals surface area contributed by atoms with Crippen LogP contribution in [-0.4, -0.2) is 22.1 Å². The van der Waals surface area contributed by atoms with Crippen LogP contribution in [0.4, 0.5) is 0 Å². The van der Waals surface area contributed by atoms with Crippen molar-refractivity contribution in [1.82, 2.24) is 9.55 Å². The first kappa shape index (κ1) is 16.1. The highest BCUT2D eigenvalue weighted by Gasteiger charge is 2.15. The van der Waals surface area contributed by atoms with E-state index in [-0.39, 0.29) is 12.5 Å². The molecule has 0 unspecified atom stereocenters. The third-order valence-corrected chi connectivity index (χ3v) is 3.78. The second kappa shape index (κ2) is 7.17. The number of carbonyl (C=O) groups excluding carboxylic acids is 1. The van der Waals surface area contributed by atoms with Crippen molar-refractivity contribution in [1.29, 1.82) is 0 Å². The summed E-state index contributed by atoms with van der Waals surface area (Å²) in [5, 5.41) is 0. The van der Waals surface area contributed by atoms with Crippen LogP contribution in [0.25, 0.3) is 11.0 Å². The molecule has 0 N–H and O–H groups in total. The number of carbonyl (C=O) groups is 1. The Kier molecular flexibility index (Phi) is 4.79. The van der Waals surface area contributed by atoms with E-state index in [0.717, 1.165) is 22.3 Å². The summed E-state index contributed by atoms with van der Waals surface area (Å²) in [4.78, 5) is 16.5. The predicted molar refractivity (Wildman–Crippen MR) is 91.9 cm³/mol. The maximum atomic E-state index is 11.9. The lowest BCUT2D eigenvalue weighted by atomic mass is 10.2. The van der Waals surface area contributed by atoms with E-state index < -0.39 is 0 Å². The van der Waals surface area contributed by atoms with Gasteiger partial charge in [0.1, 0.15) is 24.7 Å². The van der Waals surface area contributed by atoms with Crippen LogP contribution < -0.4 is 4.74 Å². The van der Waals surface area contributed by atoms with Gasteiger partial charge in [-0.15, -0.1) is 0 Å². The molecule has 0 atom stereocenters. The number of hydrogen-bond acceptors (Lipinski definition) is 4. The fraction of sp³-hybridized carbons (Fsp3) is 0.263. The molecule has 0 aliphatic heterocycles. The van der Waals surface area contributed by atoms with E-state index in [0.29, 0.717) is 19.0 Å². The number of fused-ring (bicyclic) bond motifs is 1. The molecule has 1 heterocycles. The Morgan fingerprint density at radius 1 is 1.12 bits per heavy atom. The molecule has 3 aromatic rings. The second-order valence-corrected chi connectivity index (χ2v) is 5.46. The molecule has 0 amide bonds. The molecule has 0 spiro atoms. The lowest BCUT2D eigenvalue weighted by Gasteiger charge is -2.11. The number of para-hydroxylation sites is 3. The molecule has 24 heavy (non-hydrogen) atoms. The summed E-state index contributed by atoms with van der Waals surface area (Å²) >= 11 is 0. The number of esters is 1. The number of aromatic nitrogens is 2. The van der Waals surface area contributed by atoms with Gasteiger partial charge in [-0.05, 0) is 37.6 Å². The van der Waals surface area contributed by atoms with Crippen molar-refractivity contribution in [2.45, 2.75) is 27.0 Å². The maximum absolute atomic E-state index is 11.9. The first-order valence-corrected chi connectivity index (χ1v) is 7.97. The number of hydrogen-bond donors (Lipinski definition) is 0. The molecule has 0 saturated carbocycles. The molecule has 0 aliphatic carbocycles. The quantitative estimate of drug-likeness (QED) is 0.651. The van der Waals surface area contributed by atoms with E-state index in [1.165, 1.54) is 0 Å². The zero-order valence-electron chi connectivity index (χ0n) is 13.9. The van der Waals surface area contributed by atoms with Gasteiger partial charge in [-0.3, -0.25) is 4.79 Å². The Hall–Kier alpha value is -2.82. The number of imidazole rings is 1. The van der Waals surface area contributed by atoms with Crippen molar-refractivity contribution < 1.29 is 14.3 Å². The van der Waals surface area contributed by atoms with Crippen LogP contribution in [0.15, 0.2) is 48.5 Å². The SMILES string of the molecule is CCOC(=O)Cn1c(COc2ccccc2C)nc2ccccc21. The summed E-state index contributed by atoms with van der Waals surface area (Å²) in [6.07, 6.45) is 0. The summed E-state index contributed by atoms with van der Waals surface area (Å²) < 4.78 is 12.8. The van der Waals surface area contributed by atoms with Gasteiger partial charge in [0.15, 0.2) is 0 Å².